The van der Waals surface area contributed by atoms with Gasteiger partial charge in [-0.15, -0.1) is 0 Å². The van der Waals surface area contributed by atoms with E-state index in [0.717, 1.165) is 31.5 Å². The highest BCUT2D eigenvalue weighted by Crippen LogP contribution is 2.38. The second-order valence-electron chi connectivity index (χ2n) is 9.83. The number of nitrogens with zero attached hydrogens (tertiary/aromatic N) is 3. The highest BCUT2D eigenvalue weighted by atomic mass is 19.4. The molecule has 4 aromatic rings. The Bertz CT molecular complexity index is 1540. The van der Waals surface area contributed by atoms with Gasteiger partial charge in [-0.2, -0.15) is 13.2 Å². The summed E-state index contributed by atoms with van der Waals surface area (Å²) in [6, 6.07) is 14.2. The molecule has 4 N–H and O–H groups in total. The predicted molar refractivity (Wildman–Crippen MR) is 149 cm³/mol. The first-order chi connectivity index (χ1) is 19.7. The Kier molecular flexibility index (Phi) is 8.31. The third-order valence-electron chi connectivity index (χ3n) is 6.77. The SMILES string of the molecule is Cc1ccc2c(NC(=O)C[C@H](O)C(F)(F)F)cccc2c1Oc1ncccc1-c1ccnc(N[C@H]2CCCNC2)n1. The van der Waals surface area contributed by atoms with Gasteiger partial charge in [0.15, 0.2) is 6.10 Å². The Morgan fingerprint density at radius 3 is 2.76 bits per heavy atom. The van der Waals surface area contributed by atoms with Crippen LogP contribution in [0.5, 0.6) is 11.6 Å². The minimum atomic E-state index is -4.89. The van der Waals surface area contributed by atoms with Gasteiger partial charge in [0.25, 0.3) is 0 Å². The van der Waals surface area contributed by atoms with Gasteiger partial charge in [0.2, 0.25) is 17.7 Å². The van der Waals surface area contributed by atoms with Crippen molar-refractivity contribution in [2.24, 2.45) is 0 Å². The number of fused-ring (bicyclic) bond motifs is 1. The number of aliphatic hydroxyl groups is 1. The maximum absolute atomic E-state index is 12.7. The van der Waals surface area contributed by atoms with Gasteiger partial charge in [-0.3, -0.25) is 4.79 Å². The van der Waals surface area contributed by atoms with Crippen molar-refractivity contribution in [3.63, 3.8) is 0 Å². The van der Waals surface area contributed by atoms with Crippen molar-refractivity contribution in [1.29, 1.82) is 0 Å². The molecule has 0 radical (unpaired) electrons. The first-order valence-corrected chi connectivity index (χ1v) is 13.2. The number of alkyl halides is 3. The van der Waals surface area contributed by atoms with Gasteiger partial charge < -0.3 is 25.8 Å². The van der Waals surface area contributed by atoms with Crippen LogP contribution in [0.3, 0.4) is 0 Å². The van der Waals surface area contributed by atoms with Crippen LogP contribution in [-0.4, -0.2) is 57.4 Å². The number of carbonyl (C=O) groups is 1. The lowest BCUT2D eigenvalue weighted by Crippen LogP contribution is -2.38. The van der Waals surface area contributed by atoms with E-state index in [0.29, 0.717) is 39.6 Å². The molecule has 0 aliphatic carbocycles. The van der Waals surface area contributed by atoms with Crippen molar-refractivity contribution in [3.8, 4) is 22.9 Å². The van der Waals surface area contributed by atoms with E-state index in [-0.39, 0.29) is 11.7 Å². The molecule has 2 aromatic heterocycles. The highest BCUT2D eigenvalue weighted by Gasteiger charge is 2.39. The van der Waals surface area contributed by atoms with E-state index >= 15 is 0 Å². The van der Waals surface area contributed by atoms with Crippen LogP contribution < -0.4 is 20.7 Å². The predicted octanol–water partition coefficient (Wildman–Crippen LogP) is 5.21. The number of amides is 1. The number of rotatable bonds is 8. The topological polar surface area (TPSA) is 121 Å². The lowest BCUT2D eigenvalue weighted by atomic mass is 10.0. The minimum Gasteiger partial charge on any atom is -0.437 e. The normalized spacial score (nSPS) is 16.3. The van der Waals surface area contributed by atoms with Crippen LogP contribution in [0.1, 0.15) is 24.8 Å². The summed E-state index contributed by atoms with van der Waals surface area (Å²) in [5.74, 6) is 0.308. The number of benzene rings is 2. The van der Waals surface area contributed by atoms with Gasteiger partial charge in [0.1, 0.15) is 5.75 Å². The van der Waals surface area contributed by atoms with Gasteiger partial charge in [-0.05, 0) is 56.1 Å². The molecular weight excluding hydrogens is 537 g/mol. The number of ether oxygens (including phenoxy) is 1. The van der Waals surface area contributed by atoms with Crippen LogP contribution in [0, 0.1) is 6.92 Å². The van der Waals surface area contributed by atoms with E-state index in [1.165, 1.54) is 0 Å². The Balaban J connectivity index is 1.43. The van der Waals surface area contributed by atoms with Crippen LogP contribution in [0.4, 0.5) is 24.8 Å². The lowest BCUT2D eigenvalue weighted by molar-refractivity contribution is -0.205. The van der Waals surface area contributed by atoms with Crippen molar-refractivity contribution in [2.45, 2.75) is 44.5 Å². The number of pyridine rings is 1. The van der Waals surface area contributed by atoms with Crippen LogP contribution in [-0.2, 0) is 4.79 Å². The van der Waals surface area contributed by atoms with E-state index in [1.54, 1.807) is 54.9 Å². The molecule has 9 nitrogen and oxygen atoms in total. The third-order valence-corrected chi connectivity index (χ3v) is 6.77. The number of piperidine rings is 1. The van der Waals surface area contributed by atoms with E-state index in [9.17, 15) is 23.1 Å². The number of carbonyl (C=O) groups excluding carboxylic acids is 1. The fourth-order valence-corrected chi connectivity index (χ4v) is 4.68. The Hall–Kier alpha value is -4.29. The molecule has 1 aliphatic rings. The molecule has 214 valence electrons. The molecule has 1 fully saturated rings. The highest BCUT2D eigenvalue weighted by molar-refractivity contribution is 6.04. The standard InChI is InChI=1S/C29H29F3N6O3/c1-17-9-10-19-20(6-2-8-22(19)37-25(40)15-24(39)29(30,31)32)26(17)41-27-21(7-4-13-34-27)23-11-14-35-28(38-23)36-18-5-3-12-33-16-18/h2,4,6-11,13-14,18,24,33,39H,3,5,12,15-16H2,1H3,(H,37,40)(H,35,36,38)/t18-,24-/m0/s1. The molecule has 0 spiro atoms. The van der Waals surface area contributed by atoms with Crippen LogP contribution >= 0.6 is 0 Å². The Morgan fingerprint density at radius 1 is 1.12 bits per heavy atom. The van der Waals surface area contributed by atoms with Crippen molar-refractivity contribution in [3.05, 3.63) is 66.5 Å². The molecule has 41 heavy (non-hydrogen) atoms. The summed E-state index contributed by atoms with van der Waals surface area (Å²) in [7, 11) is 0. The largest absolute Gasteiger partial charge is 0.437 e. The maximum Gasteiger partial charge on any atom is 0.414 e. The number of hydrogen-bond donors (Lipinski definition) is 4. The van der Waals surface area contributed by atoms with Gasteiger partial charge in [-0.1, -0.05) is 24.3 Å². The number of anilines is 2. The number of hydrogen-bond acceptors (Lipinski definition) is 8. The third kappa shape index (κ3) is 6.72. The minimum absolute atomic E-state index is 0.230. The van der Waals surface area contributed by atoms with Crippen LogP contribution in [0.25, 0.3) is 22.0 Å². The van der Waals surface area contributed by atoms with E-state index in [4.69, 9.17) is 9.72 Å². The molecule has 1 saturated heterocycles. The molecule has 0 saturated carbocycles. The molecule has 0 bridgehead atoms. The first-order valence-electron chi connectivity index (χ1n) is 13.2. The van der Waals surface area contributed by atoms with Gasteiger partial charge in [0, 0.05) is 41.4 Å². The summed E-state index contributed by atoms with van der Waals surface area (Å²) in [6.45, 7) is 3.69. The van der Waals surface area contributed by atoms with Crippen LogP contribution in [0.2, 0.25) is 0 Å². The fourth-order valence-electron chi connectivity index (χ4n) is 4.68. The van der Waals surface area contributed by atoms with Crippen molar-refractivity contribution in [1.82, 2.24) is 20.3 Å². The van der Waals surface area contributed by atoms with Crippen molar-refractivity contribution >= 4 is 28.3 Å². The van der Waals surface area contributed by atoms with Gasteiger partial charge in [-0.25, -0.2) is 15.0 Å². The maximum atomic E-state index is 12.7. The smallest absolute Gasteiger partial charge is 0.414 e. The molecule has 1 aliphatic heterocycles. The molecule has 0 unspecified atom stereocenters. The Labute approximate surface area is 234 Å². The zero-order valence-electron chi connectivity index (χ0n) is 22.2. The average molecular weight is 567 g/mol. The zero-order valence-corrected chi connectivity index (χ0v) is 22.2. The van der Waals surface area contributed by atoms with E-state index in [1.807, 2.05) is 13.0 Å². The Morgan fingerprint density at radius 2 is 1.98 bits per heavy atom. The monoisotopic (exact) mass is 566 g/mol. The summed E-state index contributed by atoms with van der Waals surface area (Å²) in [6.07, 6.45) is -3.38. The number of halogens is 3. The second kappa shape index (κ2) is 12.1. The fraction of sp³-hybridized carbons (Fsp3) is 0.310. The number of aryl methyl sites for hydroxylation is 1. The van der Waals surface area contributed by atoms with E-state index < -0.39 is 24.6 Å². The zero-order chi connectivity index (χ0) is 29.0. The summed E-state index contributed by atoms with van der Waals surface area (Å²) in [5.41, 5.74) is 2.32. The number of nitrogens with one attached hydrogen (secondary N) is 3. The molecule has 3 heterocycles. The molecular formula is C29H29F3N6O3. The summed E-state index contributed by atoms with van der Waals surface area (Å²) in [4.78, 5) is 25.8. The van der Waals surface area contributed by atoms with Gasteiger partial charge >= 0.3 is 6.18 Å². The molecule has 2 atom stereocenters. The molecule has 2 aromatic carbocycles. The van der Waals surface area contributed by atoms with E-state index in [2.05, 4.69) is 25.9 Å². The first kappa shape index (κ1) is 28.2. The van der Waals surface area contributed by atoms with Crippen molar-refractivity contribution in [2.75, 3.05) is 23.7 Å². The van der Waals surface area contributed by atoms with Gasteiger partial charge in [0.05, 0.1) is 17.7 Å². The molecule has 5 rings (SSSR count). The quantitative estimate of drug-likeness (QED) is 0.230. The van der Waals surface area contributed by atoms with Crippen LogP contribution in [0.15, 0.2) is 60.9 Å². The summed E-state index contributed by atoms with van der Waals surface area (Å²) < 4.78 is 44.5. The molecule has 1 amide bonds. The second-order valence-corrected chi connectivity index (χ2v) is 9.83. The lowest BCUT2D eigenvalue weighted by Gasteiger charge is -2.23. The molecule has 12 heteroatoms. The summed E-state index contributed by atoms with van der Waals surface area (Å²) >= 11 is 0. The number of aliphatic hydroxyl groups excluding tert-OH is 1. The summed E-state index contributed by atoms with van der Waals surface area (Å²) in [5, 5.41) is 19.7. The number of aromatic nitrogens is 3. The average Bonchev–Trinajstić information content (AvgIpc) is 2.95. The van der Waals surface area contributed by atoms with Crippen molar-refractivity contribution < 1.29 is 27.8 Å².